The topological polar surface area (TPSA) is 41.6 Å². The first kappa shape index (κ1) is 18.8. The van der Waals surface area contributed by atoms with Gasteiger partial charge in [0.15, 0.2) is 0 Å². The van der Waals surface area contributed by atoms with Crippen LogP contribution in [0.1, 0.15) is 59.8 Å². The summed E-state index contributed by atoms with van der Waals surface area (Å²) in [6.45, 7) is 10.5. The van der Waals surface area contributed by atoms with E-state index < -0.39 is 5.60 Å². The summed E-state index contributed by atoms with van der Waals surface area (Å²) in [4.78, 5) is 14.0. The van der Waals surface area contributed by atoms with E-state index >= 15 is 0 Å². The van der Waals surface area contributed by atoms with Gasteiger partial charge in [0, 0.05) is 25.6 Å². The lowest BCUT2D eigenvalue weighted by Crippen LogP contribution is -2.48. The van der Waals surface area contributed by atoms with Crippen LogP contribution in [0.2, 0.25) is 0 Å². The highest BCUT2D eigenvalue weighted by Gasteiger charge is 2.29. The number of rotatable bonds is 6. The molecule has 1 heterocycles. The van der Waals surface area contributed by atoms with E-state index in [-0.39, 0.29) is 6.09 Å². The molecule has 1 aliphatic heterocycles. The van der Waals surface area contributed by atoms with E-state index in [4.69, 9.17) is 11.2 Å². The predicted molar refractivity (Wildman–Crippen MR) is 90.7 cm³/mol. The van der Waals surface area contributed by atoms with Gasteiger partial charge in [0.05, 0.1) is 0 Å². The van der Waals surface area contributed by atoms with Crippen LogP contribution < -0.4 is 5.32 Å². The molecule has 1 aliphatic rings. The molecule has 0 radical (unpaired) electrons. The van der Waals surface area contributed by atoms with Gasteiger partial charge in [-0.3, -0.25) is 0 Å². The highest BCUT2D eigenvalue weighted by Crippen LogP contribution is 2.21. The standard InChI is InChI=1S/C18H32N2O2/c1-6-7-8-9-12-19-15(2)16-11-10-13-20(14-16)17(21)22-18(3,4)5/h1,15-16,19H,7-14H2,2-5H3. The lowest BCUT2D eigenvalue weighted by Gasteiger charge is -2.36. The number of hydrogen-bond donors (Lipinski definition) is 1. The van der Waals surface area contributed by atoms with Gasteiger partial charge in [-0.1, -0.05) is 0 Å². The van der Waals surface area contributed by atoms with Crippen molar-refractivity contribution < 1.29 is 9.53 Å². The third-order valence-corrected chi connectivity index (χ3v) is 4.03. The number of carbonyl (C=O) groups is 1. The fourth-order valence-corrected chi connectivity index (χ4v) is 2.76. The van der Waals surface area contributed by atoms with Crippen molar-refractivity contribution >= 4 is 6.09 Å². The molecule has 1 fully saturated rings. The van der Waals surface area contributed by atoms with Crippen LogP contribution in [-0.2, 0) is 4.74 Å². The summed E-state index contributed by atoms with van der Waals surface area (Å²) in [6, 6.07) is 0.413. The second kappa shape index (κ2) is 9.05. The maximum atomic E-state index is 12.2. The third kappa shape index (κ3) is 7.17. The summed E-state index contributed by atoms with van der Waals surface area (Å²) in [6.07, 6.45) is 10.3. The fraction of sp³-hybridized carbons (Fsp3) is 0.833. The van der Waals surface area contributed by atoms with Crippen LogP contribution in [0.5, 0.6) is 0 Å². The predicted octanol–water partition coefficient (Wildman–Crippen LogP) is 3.42. The first-order valence-corrected chi connectivity index (χ1v) is 8.48. The maximum absolute atomic E-state index is 12.2. The third-order valence-electron chi connectivity index (χ3n) is 4.03. The zero-order valence-electron chi connectivity index (χ0n) is 14.7. The van der Waals surface area contributed by atoms with Crippen LogP contribution in [-0.4, -0.2) is 42.3 Å². The van der Waals surface area contributed by atoms with Crippen LogP contribution in [0.15, 0.2) is 0 Å². The zero-order valence-corrected chi connectivity index (χ0v) is 14.7. The van der Waals surface area contributed by atoms with Gasteiger partial charge in [-0.25, -0.2) is 4.79 Å². The quantitative estimate of drug-likeness (QED) is 0.604. The Balaban J connectivity index is 2.35. The number of nitrogens with one attached hydrogen (secondary N) is 1. The van der Waals surface area contributed by atoms with Crippen LogP contribution in [0, 0.1) is 18.3 Å². The molecule has 1 N–H and O–H groups in total. The molecule has 0 spiro atoms. The number of terminal acetylenes is 1. The van der Waals surface area contributed by atoms with Crippen molar-refractivity contribution in [3.05, 3.63) is 0 Å². The smallest absolute Gasteiger partial charge is 0.410 e. The van der Waals surface area contributed by atoms with E-state index in [0.29, 0.717) is 12.0 Å². The van der Waals surface area contributed by atoms with E-state index in [2.05, 4.69) is 18.2 Å². The summed E-state index contributed by atoms with van der Waals surface area (Å²) >= 11 is 0. The Labute approximate surface area is 136 Å². The number of piperidine rings is 1. The van der Waals surface area contributed by atoms with Gasteiger partial charge in [0.1, 0.15) is 5.60 Å². The average Bonchev–Trinajstić information content (AvgIpc) is 2.45. The average molecular weight is 308 g/mol. The van der Waals surface area contributed by atoms with Crippen molar-refractivity contribution in [1.29, 1.82) is 0 Å². The first-order chi connectivity index (χ1) is 10.3. The van der Waals surface area contributed by atoms with Gasteiger partial charge in [-0.05, 0) is 65.8 Å². The second-order valence-corrected chi connectivity index (χ2v) is 7.23. The Morgan fingerprint density at radius 1 is 1.45 bits per heavy atom. The monoisotopic (exact) mass is 308 g/mol. The molecule has 126 valence electrons. The molecular weight excluding hydrogens is 276 g/mol. The minimum Gasteiger partial charge on any atom is -0.444 e. The Kier molecular flexibility index (Phi) is 7.75. The van der Waals surface area contributed by atoms with Crippen molar-refractivity contribution in [3.63, 3.8) is 0 Å². The fourth-order valence-electron chi connectivity index (χ4n) is 2.76. The molecule has 0 saturated carbocycles. The van der Waals surface area contributed by atoms with E-state index in [0.717, 1.165) is 51.7 Å². The van der Waals surface area contributed by atoms with Crippen molar-refractivity contribution in [2.24, 2.45) is 5.92 Å². The Morgan fingerprint density at radius 3 is 2.82 bits per heavy atom. The highest BCUT2D eigenvalue weighted by molar-refractivity contribution is 5.68. The molecule has 1 saturated heterocycles. The molecule has 1 rings (SSSR count). The van der Waals surface area contributed by atoms with Crippen molar-refractivity contribution in [1.82, 2.24) is 10.2 Å². The highest BCUT2D eigenvalue weighted by atomic mass is 16.6. The SMILES string of the molecule is C#CCCCCNC(C)C1CCCN(C(=O)OC(C)(C)C)C1. The van der Waals surface area contributed by atoms with E-state index in [1.807, 2.05) is 25.7 Å². The molecule has 0 aliphatic carbocycles. The first-order valence-electron chi connectivity index (χ1n) is 8.48. The normalized spacial score (nSPS) is 20.3. The lowest BCUT2D eigenvalue weighted by molar-refractivity contribution is 0.0148. The number of ether oxygens (including phenoxy) is 1. The van der Waals surface area contributed by atoms with Gasteiger partial charge < -0.3 is 15.0 Å². The zero-order chi connectivity index (χ0) is 16.6. The maximum Gasteiger partial charge on any atom is 0.410 e. The van der Waals surface area contributed by atoms with Gasteiger partial charge in [0.2, 0.25) is 0 Å². The molecule has 0 aromatic rings. The molecular formula is C18H32N2O2. The molecule has 2 unspecified atom stereocenters. The van der Waals surface area contributed by atoms with Crippen LogP contribution in [0.3, 0.4) is 0 Å². The van der Waals surface area contributed by atoms with Crippen LogP contribution >= 0.6 is 0 Å². The van der Waals surface area contributed by atoms with Crippen molar-refractivity contribution in [2.75, 3.05) is 19.6 Å². The van der Waals surface area contributed by atoms with E-state index in [1.54, 1.807) is 0 Å². The summed E-state index contributed by atoms with van der Waals surface area (Å²) < 4.78 is 5.48. The van der Waals surface area contributed by atoms with E-state index in [1.165, 1.54) is 0 Å². The largest absolute Gasteiger partial charge is 0.444 e. The van der Waals surface area contributed by atoms with Gasteiger partial charge in [-0.15, -0.1) is 12.3 Å². The van der Waals surface area contributed by atoms with Gasteiger partial charge in [-0.2, -0.15) is 0 Å². The minimum atomic E-state index is -0.426. The Bertz CT molecular complexity index is 382. The van der Waals surface area contributed by atoms with Crippen molar-refractivity contribution in [2.45, 2.75) is 71.4 Å². The summed E-state index contributed by atoms with van der Waals surface area (Å²) in [5.74, 6) is 3.16. The molecule has 22 heavy (non-hydrogen) atoms. The molecule has 1 amide bonds. The molecule has 0 aromatic carbocycles. The number of hydrogen-bond acceptors (Lipinski definition) is 3. The molecule has 0 aromatic heterocycles. The number of amides is 1. The minimum absolute atomic E-state index is 0.182. The number of likely N-dealkylation sites (tertiary alicyclic amines) is 1. The molecule has 0 bridgehead atoms. The Hall–Kier alpha value is -1.21. The summed E-state index contributed by atoms with van der Waals surface area (Å²) in [7, 11) is 0. The van der Waals surface area contributed by atoms with Crippen LogP contribution in [0.4, 0.5) is 4.79 Å². The summed E-state index contributed by atoms with van der Waals surface area (Å²) in [5.41, 5.74) is -0.426. The summed E-state index contributed by atoms with van der Waals surface area (Å²) in [5, 5.41) is 3.57. The number of nitrogens with zero attached hydrogens (tertiary/aromatic N) is 1. The van der Waals surface area contributed by atoms with Gasteiger partial charge in [0.25, 0.3) is 0 Å². The number of unbranched alkanes of at least 4 members (excludes halogenated alkanes) is 2. The number of carbonyl (C=O) groups excluding carboxylic acids is 1. The van der Waals surface area contributed by atoms with Crippen molar-refractivity contribution in [3.8, 4) is 12.3 Å². The molecule has 4 heteroatoms. The van der Waals surface area contributed by atoms with Crippen LogP contribution in [0.25, 0.3) is 0 Å². The lowest BCUT2D eigenvalue weighted by atomic mass is 9.91. The Morgan fingerprint density at radius 2 is 2.18 bits per heavy atom. The second-order valence-electron chi connectivity index (χ2n) is 7.23. The van der Waals surface area contributed by atoms with E-state index in [9.17, 15) is 4.79 Å². The van der Waals surface area contributed by atoms with Gasteiger partial charge >= 0.3 is 6.09 Å². The molecule has 2 atom stereocenters. The molecule has 4 nitrogen and oxygen atoms in total.